The van der Waals surface area contributed by atoms with Crippen molar-refractivity contribution in [2.24, 2.45) is 0 Å². The van der Waals surface area contributed by atoms with Crippen LogP contribution in [0.5, 0.6) is 23.0 Å². The summed E-state index contributed by atoms with van der Waals surface area (Å²) in [7, 11) is 0. The summed E-state index contributed by atoms with van der Waals surface area (Å²) in [5.41, 5.74) is 7.68. The van der Waals surface area contributed by atoms with E-state index in [1.54, 1.807) is 0 Å². The highest BCUT2D eigenvalue weighted by Gasteiger charge is 2.28. The van der Waals surface area contributed by atoms with Crippen LogP contribution in [0.4, 0.5) is 34.1 Å². The van der Waals surface area contributed by atoms with Crippen molar-refractivity contribution in [1.29, 1.82) is 0 Å². The van der Waals surface area contributed by atoms with E-state index >= 15 is 0 Å². The lowest BCUT2D eigenvalue weighted by Gasteiger charge is -2.33. The van der Waals surface area contributed by atoms with Crippen LogP contribution >= 0.6 is 0 Å². The van der Waals surface area contributed by atoms with Gasteiger partial charge < -0.3 is 23.8 Å². The van der Waals surface area contributed by atoms with Gasteiger partial charge in [0.1, 0.15) is 0 Å². The second-order valence-corrected chi connectivity index (χ2v) is 11.9. The highest BCUT2D eigenvalue weighted by atomic mass is 16.5. The normalized spacial score (nSPS) is 12.7. The molecular weight excluding hydrogens is 608 g/mol. The molecule has 232 valence electrons. The van der Waals surface area contributed by atoms with E-state index in [1.165, 1.54) is 0 Å². The standard InChI is InChI=1S/C42H26N4O3/c1-2-12-30-29(11-1)31(25-26-32(30)46-35-15-5-9-19-39(35)48-40-20-10-6-16-36(40)46)41-43-42(49-44-41)27-21-23-28(24-22-27)45-33-13-3-7-17-37(33)47-38-18-8-4-14-34(38)45/h1-26H. The minimum Gasteiger partial charge on any atom is -0.453 e. The molecule has 0 spiro atoms. The van der Waals surface area contributed by atoms with Gasteiger partial charge in [-0.2, -0.15) is 4.98 Å². The van der Waals surface area contributed by atoms with Gasteiger partial charge in [0.25, 0.3) is 5.89 Å². The van der Waals surface area contributed by atoms with Crippen LogP contribution in [0.15, 0.2) is 162 Å². The number of ether oxygens (including phenoxy) is 2. The molecule has 0 N–H and O–H groups in total. The number of para-hydroxylation sites is 8. The Labute approximate surface area is 281 Å². The van der Waals surface area contributed by atoms with Gasteiger partial charge in [-0.25, -0.2) is 0 Å². The molecule has 0 atom stereocenters. The Balaban J connectivity index is 1.02. The topological polar surface area (TPSA) is 63.9 Å². The molecule has 3 heterocycles. The van der Waals surface area contributed by atoms with Gasteiger partial charge >= 0.3 is 0 Å². The first kappa shape index (κ1) is 27.3. The molecule has 0 aliphatic carbocycles. The number of benzene rings is 7. The summed E-state index contributed by atoms with van der Waals surface area (Å²) in [6.07, 6.45) is 0. The van der Waals surface area contributed by atoms with Gasteiger partial charge in [0.15, 0.2) is 23.0 Å². The van der Waals surface area contributed by atoms with Crippen LogP contribution < -0.4 is 19.3 Å². The van der Waals surface area contributed by atoms with Gasteiger partial charge in [-0.05, 0) is 90.3 Å². The Kier molecular flexibility index (Phi) is 6.04. The zero-order valence-corrected chi connectivity index (χ0v) is 26.0. The van der Waals surface area contributed by atoms with Crippen LogP contribution in [0.3, 0.4) is 0 Å². The Hall–Kier alpha value is -6.86. The summed E-state index contributed by atoms with van der Waals surface area (Å²) in [4.78, 5) is 9.35. The quantitative estimate of drug-likeness (QED) is 0.191. The molecule has 10 rings (SSSR count). The average Bonchev–Trinajstić information content (AvgIpc) is 3.66. The minimum atomic E-state index is 0.452. The zero-order chi connectivity index (χ0) is 32.3. The third-order valence-corrected chi connectivity index (χ3v) is 9.05. The van der Waals surface area contributed by atoms with Crippen LogP contribution in [0, 0.1) is 0 Å². The number of nitrogens with zero attached hydrogens (tertiary/aromatic N) is 4. The van der Waals surface area contributed by atoms with Gasteiger partial charge in [0, 0.05) is 22.2 Å². The van der Waals surface area contributed by atoms with E-state index in [0.717, 1.165) is 79.0 Å². The molecule has 8 aromatic rings. The number of hydrogen-bond acceptors (Lipinski definition) is 7. The van der Waals surface area contributed by atoms with Crippen molar-refractivity contribution in [1.82, 2.24) is 10.1 Å². The van der Waals surface area contributed by atoms with Crippen molar-refractivity contribution in [3.63, 3.8) is 0 Å². The molecule has 1 aromatic heterocycles. The van der Waals surface area contributed by atoms with Crippen LogP contribution in [-0.4, -0.2) is 10.1 Å². The Bertz CT molecular complexity index is 2450. The summed E-state index contributed by atoms with van der Waals surface area (Å²) in [6, 6.07) is 53.1. The van der Waals surface area contributed by atoms with Crippen molar-refractivity contribution in [3.8, 4) is 45.8 Å². The molecule has 0 unspecified atom stereocenters. The largest absolute Gasteiger partial charge is 0.453 e. The molecule has 49 heavy (non-hydrogen) atoms. The molecule has 0 radical (unpaired) electrons. The van der Waals surface area contributed by atoms with Crippen molar-refractivity contribution >= 4 is 44.9 Å². The lowest BCUT2D eigenvalue weighted by Crippen LogP contribution is -2.16. The number of hydrogen-bond donors (Lipinski definition) is 0. The third-order valence-electron chi connectivity index (χ3n) is 9.05. The smallest absolute Gasteiger partial charge is 0.258 e. The lowest BCUT2D eigenvalue weighted by atomic mass is 10.00. The molecule has 0 bridgehead atoms. The number of anilines is 6. The van der Waals surface area contributed by atoms with E-state index in [2.05, 4.69) is 81.7 Å². The second-order valence-electron chi connectivity index (χ2n) is 11.9. The molecule has 7 aromatic carbocycles. The highest BCUT2D eigenvalue weighted by molar-refractivity contribution is 6.06. The van der Waals surface area contributed by atoms with Crippen LogP contribution in [-0.2, 0) is 0 Å². The van der Waals surface area contributed by atoms with E-state index in [9.17, 15) is 0 Å². The van der Waals surface area contributed by atoms with E-state index in [-0.39, 0.29) is 0 Å². The van der Waals surface area contributed by atoms with Gasteiger partial charge in [-0.1, -0.05) is 78.0 Å². The summed E-state index contributed by atoms with van der Waals surface area (Å²) in [5, 5.41) is 6.54. The van der Waals surface area contributed by atoms with Crippen LogP contribution in [0.2, 0.25) is 0 Å². The molecule has 2 aliphatic rings. The summed E-state index contributed by atoms with van der Waals surface area (Å²) < 4.78 is 18.3. The van der Waals surface area contributed by atoms with Crippen molar-refractivity contribution in [2.45, 2.75) is 0 Å². The molecule has 7 nitrogen and oxygen atoms in total. The van der Waals surface area contributed by atoms with Crippen molar-refractivity contribution in [2.75, 3.05) is 9.80 Å². The van der Waals surface area contributed by atoms with Gasteiger partial charge in [-0.3, -0.25) is 0 Å². The Morgan fingerprint density at radius 2 is 0.898 bits per heavy atom. The van der Waals surface area contributed by atoms with E-state index in [4.69, 9.17) is 19.0 Å². The molecule has 0 saturated carbocycles. The van der Waals surface area contributed by atoms with E-state index in [1.807, 2.05) is 91.0 Å². The monoisotopic (exact) mass is 634 g/mol. The summed E-state index contributed by atoms with van der Waals surface area (Å²) in [5.74, 6) is 4.23. The molecular formula is C42H26N4O3. The molecule has 7 heteroatoms. The highest BCUT2D eigenvalue weighted by Crippen LogP contribution is 2.53. The molecule has 0 fully saturated rings. The number of rotatable bonds is 4. The maximum atomic E-state index is 6.27. The SMILES string of the molecule is c1ccc2c(c1)Oc1ccccc1N2c1ccc(-c2nc(-c3ccc(N4c5ccccc5Oc5ccccc54)c4ccccc34)no2)cc1. The summed E-state index contributed by atoms with van der Waals surface area (Å²) in [6.45, 7) is 0. The minimum absolute atomic E-state index is 0.452. The van der Waals surface area contributed by atoms with Crippen molar-refractivity contribution < 1.29 is 14.0 Å². The van der Waals surface area contributed by atoms with Crippen LogP contribution in [0.25, 0.3) is 33.6 Å². The first-order chi connectivity index (χ1) is 24.3. The van der Waals surface area contributed by atoms with Gasteiger partial charge in [-0.15, -0.1) is 0 Å². The third kappa shape index (κ3) is 4.37. The fourth-order valence-corrected chi connectivity index (χ4v) is 6.82. The Morgan fingerprint density at radius 1 is 0.408 bits per heavy atom. The second kappa shape index (κ2) is 10.9. The van der Waals surface area contributed by atoms with E-state index in [0.29, 0.717) is 11.7 Å². The molecule has 0 saturated heterocycles. The fraction of sp³-hybridized carbons (Fsp3) is 0. The lowest BCUT2D eigenvalue weighted by molar-refractivity contribution is 0.432. The Morgan fingerprint density at radius 3 is 1.47 bits per heavy atom. The first-order valence-electron chi connectivity index (χ1n) is 16.1. The predicted octanol–water partition coefficient (Wildman–Crippen LogP) is 11.7. The summed E-state index contributed by atoms with van der Waals surface area (Å²) >= 11 is 0. The maximum Gasteiger partial charge on any atom is 0.258 e. The van der Waals surface area contributed by atoms with E-state index < -0.39 is 0 Å². The first-order valence-corrected chi connectivity index (χ1v) is 16.1. The maximum absolute atomic E-state index is 6.27. The van der Waals surface area contributed by atoms with Gasteiger partial charge in [0.2, 0.25) is 5.82 Å². The molecule has 2 aliphatic heterocycles. The van der Waals surface area contributed by atoms with Crippen LogP contribution in [0.1, 0.15) is 0 Å². The molecule has 0 amide bonds. The zero-order valence-electron chi connectivity index (χ0n) is 26.0. The number of fused-ring (bicyclic) bond motifs is 5. The number of aromatic nitrogens is 2. The van der Waals surface area contributed by atoms with Gasteiger partial charge in [0.05, 0.1) is 28.4 Å². The fourth-order valence-electron chi connectivity index (χ4n) is 6.82. The predicted molar refractivity (Wildman–Crippen MR) is 192 cm³/mol. The average molecular weight is 635 g/mol. The van der Waals surface area contributed by atoms with Crippen molar-refractivity contribution in [3.05, 3.63) is 158 Å².